The Bertz CT molecular complexity index is 276. The molecule has 0 aromatic heterocycles. The van der Waals surface area contributed by atoms with Gasteiger partial charge in [-0.1, -0.05) is 0 Å². The maximum Gasteiger partial charge on any atom is 0.317 e. The lowest BCUT2D eigenvalue weighted by molar-refractivity contribution is -0.146. The average molecular weight is 212 g/mol. The van der Waals surface area contributed by atoms with Crippen molar-refractivity contribution in [2.24, 2.45) is 5.92 Å². The lowest BCUT2D eigenvalue weighted by atomic mass is 10.3. The minimum absolute atomic E-state index is 0.0322. The van der Waals surface area contributed by atoms with E-state index in [1.165, 1.54) is 0 Å². The van der Waals surface area contributed by atoms with Gasteiger partial charge in [-0.15, -0.1) is 0 Å². The van der Waals surface area contributed by atoms with E-state index >= 15 is 0 Å². The fourth-order valence-electron chi connectivity index (χ4n) is 1.64. The normalized spacial score (nSPS) is 22.5. The Kier molecular flexibility index (Phi) is 2.79. The van der Waals surface area contributed by atoms with Crippen LogP contribution in [0.3, 0.4) is 0 Å². The quantitative estimate of drug-likeness (QED) is 0.684. The highest BCUT2D eigenvalue weighted by Gasteiger charge is 2.32. The molecule has 2 amide bonds. The van der Waals surface area contributed by atoms with E-state index in [0.717, 1.165) is 12.8 Å². The number of nitrogens with zero attached hydrogens (tertiary/aromatic N) is 1. The topological polar surface area (TPSA) is 58.6 Å². The standard InChI is InChI=1S/C10H16N2O3/c1-7(12-5-4-11-10(12)14)6-15-9(13)8-2-3-8/h7-8H,2-6H2,1H3,(H,11,14). The van der Waals surface area contributed by atoms with Gasteiger partial charge >= 0.3 is 12.0 Å². The van der Waals surface area contributed by atoms with Crippen LogP contribution in [0, 0.1) is 5.92 Å². The molecule has 5 nitrogen and oxygen atoms in total. The number of hydrogen-bond acceptors (Lipinski definition) is 3. The van der Waals surface area contributed by atoms with E-state index in [9.17, 15) is 9.59 Å². The van der Waals surface area contributed by atoms with E-state index in [2.05, 4.69) is 5.32 Å². The monoisotopic (exact) mass is 212 g/mol. The Morgan fingerprint density at radius 2 is 2.40 bits per heavy atom. The summed E-state index contributed by atoms with van der Waals surface area (Å²) in [6.07, 6.45) is 1.91. The van der Waals surface area contributed by atoms with Crippen LogP contribution in [-0.4, -0.2) is 42.6 Å². The fourth-order valence-corrected chi connectivity index (χ4v) is 1.64. The molecule has 0 aromatic rings. The van der Waals surface area contributed by atoms with Crippen LogP contribution in [0.15, 0.2) is 0 Å². The zero-order chi connectivity index (χ0) is 10.8. The van der Waals surface area contributed by atoms with Crippen LogP contribution < -0.4 is 5.32 Å². The Hall–Kier alpha value is -1.26. The van der Waals surface area contributed by atoms with Gasteiger partial charge in [-0.3, -0.25) is 4.79 Å². The van der Waals surface area contributed by atoms with Crippen LogP contribution in [0.5, 0.6) is 0 Å². The van der Waals surface area contributed by atoms with Gasteiger partial charge in [0.2, 0.25) is 0 Å². The van der Waals surface area contributed by atoms with Crippen LogP contribution >= 0.6 is 0 Å². The summed E-state index contributed by atoms with van der Waals surface area (Å²) in [6.45, 7) is 3.58. The van der Waals surface area contributed by atoms with Crippen molar-refractivity contribution in [3.8, 4) is 0 Å². The van der Waals surface area contributed by atoms with Gasteiger partial charge in [0.15, 0.2) is 0 Å². The molecule has 1 aliphatic heterocycles. The molecule has 1 saturated heterocycles. The average Bonchev–Trinajstić information content (AvgIpc) is 2.98. The van der Waals surface area contributed by atoms with Crippen molar-refractivity contribution in [2.75, 3.05) is 19.7 Å². The van der Waals surface area contributed by atoms with E-state index < -0.39 is 0 Å². The van der Waals surface area contributed by atoms with Gasteiger partial charge in [0, 0.05) is 13.1 Å². The second-order valence-corrected chi connectivity index (χ2v) is 4.18. The molecule has 1 unspecified atom stereocenters. The van der Waals surface area contributed by atoms with Gasteiger partial charge in [0.05, 0.1) is 12.0 Å². The number of carbonyl (C=O) groups excluding carboxylic acids is 2. The Balaban J connectivity index is 1.73. The summed E-state index contributed by atoms with van der Waals surface area (Å²) in [5.74, 6) is 0.0195. The molecule has 1 atom stereocenters. The summed E-state index contributed by atoms with van der Waals surface area (Å²) < 4.78 is 5.13. The fraction of sp³-hybridized carbons (Fsp3) is 0.800. The lowest BCUT2D eigenvalue weighted by Crippen LogP contribution is -2.39. The van der Waals surface area contributed by atoms with Crippen molar-refractivity contribution in [2.45, 2.75) is 25.8 Å². The smallest absolute Gasteiger partial charge is 0.317 e. The molecular formula is C10H16N2O3. The van der Waals surface area contributed by atoms with Gasteiger partial charge in [-0.05, 0) is 19.8 Å². The van der Waals surface area contributed by atoms with Crippen LogP contribution in [0.25, 0.3) is 0 Å². The first-order valence-corrected chi connectivity index (χ1v) is 5.39. The van der Waals surface area contributed by atoms with Crippen molar-refractivity contribution in [3.63, 3.8) is 0 Å². The van der Waals surface area contributed by atoms with Crippen LogP contribution in [0.4, 0.5) is 4.79 Å². The zero-order valence-electron chi connectivity index (χ0n) is 8.86. The molecular weight excluding hydrogens is 196 g/mol. The summed E-state index contributed by atoms with van der Waals surface area (Å²) in [6, 6.07) is -0.0971. The predicted octanol–water partition coefficient (Wildman–Crippen LogP) is 0.353. The third-order valence-corrected chi connectivity index (χ3v) is 2.80. The highest BCUT2D eigenvalue weighted by molar-refractivity contribution is 5.77. The summed E-state index contributed by atoms with van der Waals surface area (Å²) in [4.78, 5) is 24.2. The summed E-state index contributed by atoms with van der Waals surface area (Å²) >= 11 is 0. The molecule has 0 spiro atoms. The lowest BCUT2D eigenvalue weighted by Gasteiger charge is -2.22. The van der Waals surface area contributed by atoms with Crippen molar-refractivity contribution in [3.05, 3.63) is 0 Å². The summed E-state index contributed by atoms with van der Waals surface area (Å²) in [5.41, 5.74) is 0. The number of hydrogen-bond donors (Lipinski definition) is 1. The third-order valence-electron chi connectivity index (χ3n) is 2.80. The molecule has 1 heterocycles. The number of amides is 2. The molecule has 15 heavy (non-hydrogen) atoms. The molecule has 2 rings (SSSR count). The molecule has 84 valence electrons. The maximum atomic E-state index is 11.3. The van der Waals surface area contributed by atoms with Crippen molar-refractivity contribution in [1.82, 2.24) is 10.2 Å². The number of nitrogens with one attached hydrogen (secondary N) is 1. The Labute approximate surface area is 88.8 Å². The van der Waals surface area contributed by atoms with Gasteiger partial charge in [-0.25, -0.2) is 4.79 Å². The van der Waals surface area contributed by atoms with E-state index in [-0.39, 0.29) is 24.0 Å². The first-order chi connectivity index (χ1) is 7.18. The molecule has 1 saturated carbocycles. The summed E-state index contributed by atoms with van der Waals surface area (Å²) in [7, 11) is 0. The van der Waals surface area contributed by atoms with Gasteiger partial charge < -0.3 is 15.0 Å². The molecule has 2 aliphatic rings. The minimum Gasteiger partial charge on any atom is -0.463 e. The minimum atomic E-state index is -0.110. The number of urea groups is 1. The Morgan fingerprint density at radius 1 is 1.67 bits per heavy atom. The number of ether oxygens (including phenoxy) is 1. The van der Waals surface area contributed by atoms with Crippen molar-refractivity contribution >= 4 is 12.0 Å². The second kappa shape index (κ2) is 4.08. The van der Waals surface area contributed by atoms with Crippen LogP contribution in [0.2, 0.25) is 0 Å². The van der Waals surface area contributed by atoms with Crippen LogP contribution in [0.1, 0.15) is 19.8 Å². The van der Waals surface area contributed by atoms with Crippen molar-refractivity contribution in [1.29, 1.82) is 0 Å². The first kappa shape index (κ1) is 10.3. The number of rotatable bonds is 4. The highest BCUT2D eigenvalue weighted by atomic mass is 16.5. The van der Waals surface area contributed by atoms with E-state index in [4.69, 9.17) is 4.74 Å². The van der Waals surface area contributed by atoms with Gasteiger partial charge in [-0.2, -0.15) is 0 Å². The van der Waals surface area contributed by atoms with Gasteiger partial charge in [0.1, 0.15) is 6.61 Å². The molecule has 0 radical (unpaired) electrons. The first-order valence-electron chi connectivity index (χ1n) is 5.39. The SMILES string of the molecule is CC(COC(=O)C1CC1)N1CCNC1=O. The van der Waals surface area contributed by atoms with Gasteiger partial charge in [0.25, 0.3) is 0 Å². The van der Waals surface area contributed by atoms with E-state index in [0.29, 0.717) is 19.7 Å². The number of esters is 1. The Morgan fingerprint density at radius 3 is 2.93 bits per heavy atom. The molecule has 1 N–H and O–H groups in total. The van der Waals surface area contributed by atoms with E-state index in [1.54, 1.807) is 4.90 Å². The number of carbonyl (C=O) groups is 2. The zero-order valence-corrected chi connectivity index (χ0v) is 8.86. The molecule has 5 heteroatoms. The molecule has 1 aliphatic carbocycles. The third kappa shape index (κ3) is 2.40. The molecule has 0 bridgehead atoms. The largest absolute Gasteiger partial charge is 0.463 e. The van der Waals surface area contributed by atoms with E-state index in [1.807, 2.05) is 6.92 Å². The van der Waals surface area contributed by atoms with Crippen LogP contribution in [-0.2, 0) is 9.53 Å². The second-order valence-electron chi connectivity index (χ2n) is 4.18. The predicted molar refractivity (Wildman–Crippen MR) is 53.2 cm³/mol. The molecule has 2 fully saturated rings. The molecule has 0 aromatic carbocycles. The van der Waals surface area contributed by atoms with Crippen molar-refractivity contribution < 1.29 is 14.3 Å². The summed E-state index contributed by atoms with van der Waals surface area (Å²) in [5, 5.41) is 2.72. The maximum absolute atomic E-state index is 11.3. The highest BCUT2D eigenvalue weighted by Crippen LogP contribution is 2.30.